The number of rotatable bonds is 5. The van der Waals surface area contributed by atoms with Gasteiger partial charge in [0.05, 0.1) is 6.20 Å². The highest BCUT2D eigenvalue weighted by Crippen LogP contribution is 2.06. The molecule has 2 N–H and O–H groups in total. The highest BCUT2D eigenvalue weighted by Gasteiger charge is 2.13. The van der Waals surface area contributed by atoms with E-state index in [-0.39, 0.29) is 17.3 Å². The molecule has 2 aromatic rings. The molecule has 96 valence electrons. The Morgan fingerprint density at radius 2 is 2.00 bits per heavy atom. The second-order valence-electron chi connectivity index (χ2n) is 3.71. The first-order valence-corrected chi connectivity index (χ1v) is 6.79. The van der Waals surface area contributed by atoms with Crippen molar-refractivity contribution in [2.24, 2.45) is 0 Å². The van der Waals surface area contributed by atoms with Crippen molar-refractivity contribution in [3.05, 3.63) is 48.0 Å². The minimum absolute atomic E-state index is 0.0987. The van der Waals surface area contributed by atoms with Crippen LogP contribution in [0.5, 0.6) is 0 Å². The molecular formula is C11H12FN3O2S. The van der Waals surface area contributed by atoms with Gasteiger partial charge in [-0.05, 0) is 24.1 Å². The van der Waals surface area contributed by atoms with Crippen LogP contribution >= 0.6 is 0 Å². The molecule has 0 fully saturated rings. The van der Waals surface area contributed by atoms with Gasteiger partial charge < -0.3 is 0 Å². The van der Waals surface area contributed by atoms with Crippen molar-refractivity contribution in [2.75, 3.05) is 6.54 Å². The molecule has 1 aromatic heterocycles. The molecule has 0 aliphatic rings. The summed E-state index contributed by atoms with van der Waals surface area (Å²) in [5.74, 6) is -0.308. The molecule has 2 rings (SSSR count). The van der Waals surface area contributed by atoms with Crippen LogP contribution in [0.25, 0.3) is 0 Å². The molecule has 1 heterocycles. The largest absolute Gasteiger partial charge is 0.284 e. The Labute approximate surface area is 104 Å². The van der Waals surface area contributed by atoms with Crippen LogP contribution in [-0.2, 0) is 16.4 Å². The number of hydrogen-bond donors (Lipinski definition) is 2. The average molecular weight is 269 g/mol. The fraction of sp³-hybridized carbons (Fsp3) is 0.182. The summed E-state index contributed by atoms with van der Waals surface area (Å²) in [6.45, 7) is 0.249. The van der Waals surface area contributed by atoms with E-state index < -0.39 is 10.0 Å². The van der Waals surface area contributed by atoms with Crippen molar-refractivity contribution in [3.8, 4) is 0 Å². The predicted octanol–water partition coefficient (Wildman–Crippen LogP) is 1.07. The highest BCUT2D eigenvalue weighted by atomic mass is 32.2. The van der Waals surface area contributed by atoms with Gasteiger partial charge in [0.2, 0.25) is 10.0 Å². The fourth-order valence-corrected chi connectivity index (χ4v) is 2.39. The van der Waals surface area contributed by atoms with Gasteiger partial charge in [-0.1, -0.05) is 12.1 Å². The number of nitrogens with one attached hydrogen (secondary N) is 2. The average Bonchev–Trinajstić information content (AvgIpc) is 2.86. The molecule has 0 radical (unpaired) electrons. The van der Waals surface area contributed by atoms with Gasteiger partial charge in [0, 0.05) is 12.7 Å². The zero-order valence-electron chi connectivity index (χ0n) is 9.43. The van der Waals surface area contributed by atoms with Crippen LogP contribution in [0.1, 0.15) is 5.56 Å². The van der Waals surface area contributed by atoms with Crippen molar-refractivity contribution in [1.29, 1.82) is 0 Å². The smallest absolute Gasteiger partial charge is 0.243 e. The maximum Gasteiger partial charge on any atom is 0.243 e. The molecule has 7 heteroatoms. The van der Waals surface area contributed by atoms with E-state index in [9.17, 15) is 12.8 Å². The second kappa shape index (κ2) is 5.28. The van der Waals surface area contributed by atoms with Crippen molar-refractivity contribution >= 4 is 10.0 Å². The standard InChI is InChI=1S/C11H12FN3O2S/c12-10-3-1-9(2-4-10)5-6-15-18(16,17)11-7-13-14-8-11/h1-4,7-8,15H,5-6H2,(H,13,14). The SMILES string of the molecule is O=S(=O)(NCCc1ccc(F)cc1)c1cn[nH]c1. The van der Waals surface area contributed by atoms with Crippen LogP contribution in [0.2, 0.25) is 0 Å². The van der Waals surface area contributed by atoms with E-state index in [4.69, 9.17) is 0 Å². The van der Waals surface area contributed by atoms with Gasteiger partial charge in [0.1, 0.15) is 10.7 Å². The normalized spacial score (nSPS) is 11.6. The lowest BCUT2D eigenvalue weighted by molar-refractivity contribution is 0.581. The van der Waals surface area contributed by atoms with Crippen molar-refractivity contribution in [2.45, 2.75) is 11.3 Å². The highest BCUT2D eigenvalue weighted by molar-refractivity contribution is 7.89. The number of hydrogen-bond acceptors (Lipinski definition) is 3. The summed E-state index contributed by atoms with van der Waals surface area (Å²) in [4.78, 5) is 0.0987. The quantitative estimate of drug-likeness (QED) is 0.852. The molecule has 0 saturated carbocycles. The van der Waals surface area contributed by atoms with Crippen LogP contribution < -0.4 is 4.72 Å². The van der Waals surface area contributed by atoms with Crippen LogP contribution in [-0.4, -0.2) is 25.2 Å². The van der Waals surface area contributed by atoms with Gasteiger partial charge in [-0.15, -0.1) is 0 Å². The van der Waals surface area contributed by atoms with E-state index in [2.05, 4.69) is 14.9 Å². The first-order valence-electron chi connectivity index (χ1n) is 5.31. The third-order valence-corrected chi connectivity index (χ3v) is 3.83. The third kappa shape index (κ3) is 3.14. The maximum atomic E-state index is 12.7. The summed E-state index contributed by atoms with van der Waals surface area (Å²) in [7, 11) is -3.51. The van der Waals surface area contributed by atoms with Gasteiger partial charge >= 0.3 is 0 Å². The van der Waals surface area contributed by atoms with Crippen LogP contribution in [0.4, 0.5) is 4.39 Å². The molecule has 0 bridgehead atoms. The summed E-state index contributed by atoms with van der Waals surface area (Å²) in [5, 5.41) is 6.02. The minimum atomic E-state index is -3.51. The Balaban J connectivity index is 1.91. The van der Waals surface area contributed by atoms with Gasteiger partial charge in [-0.3, -0.25) is 5.10 Å². The minimum Gasteiger partial charge on any atom is -0.284 e. The zero-order chi connectivity index (χ0) is 13.0. The Kier molecular flexibility index (Phi) is 3.73. The lowest BCUT2D eigenvalue weighted by atomic mass is 10.1. The van der Waals surface area contributed by atoms with E-state index in [1.54, 1.807) is 12.1 Å². The summed E-state index contributed by atoms with van der Waals surface area (Å²) in [6.07, 6.45) is 3.04. The van der Waals surface area contributed by atoms with Crippen molar-refractivity contribution in [1.82, 2.24) is 14.9 Å². The number of aromatic amines is 1. The number of nitrogens with zero attached hydrogens (tertiary/aromatic N) is 1. The molecule has 0 aliphatic carbocycles. The summed E-state index contributed by atoms with van der Waals surface area (Å²) < 4.78 is 38.5. The number of aromatic nitrogens is 2. The number of sulfonamides is 1. The molecule has 0 amide bonds. The number of halogens is 1. The molecular weight excluding hydrogens is 257 g/mol. The lowest BCUT2D eigenvalue weighted by Gasteiger charge is -2.04. The Bertz CT molecular complexity index is 594. The molecule has 0 spiro atoms. The summed E-state index contributed by atoms with van der Waals surface area (Å²) >= 11 is 0. The van der Waals surface area contributed by atoms with Crippen molar-refractivity contribution in [3.63, 3.8) is 0 Å². The third-order valence-electron chi connectivity index (χ3n) is 2.40. The Morgan fingerprint density at radius 1 is 1.28 bits per heavy atom. The van der Waals surface area contributed by atoms with Gasteiger partial charge in [0.25, 0.3) is 0 Å². The van der Waals surface area contributed by atoms with Gasteiger partial charge in [-0.25, -0.2) is 17.5 Å². The molecule has 18 heavy (non-hydrogen) atoms. The maximum absolute atomic E-state index is 12.7. The van der Waals surface area contributed by atoms with E-state index >= 15 is 0 Å². The molecule has 0 atom stereocenters. The Hall–Kier alpha value is -1.73. The predicted molar refractivity (Wildman–Crippen MR) is 63.9 cm³/mol. The van der Waals surface area contributed by atoms with E-state index in [0.717, 1.165) is 5.56 Å². The monoisotopic (exact) mass is 269 g/mol. The molecule has 1 aromatic carbocycles. The first-order chi connectivity index (χ1) is 8.58. The first kappa shape index (κ1) is 12.7. The molecule has 5 nitrogen and oxygen atoms in total. The van der Waals surface area contributed by atoms with E-state index in [0.29, 0.717) is 6.42 Å². The van der Waals surface area contributed by atoms with Crippen LogP contribution in [0.3, 0.4) is 0 Å². The number of H-pyrrole nitrogens is 1. The summed E-state index contributed by atoms with van der Waals surface area (Å²) in [6, 6.07) is 5.95. The molecule has 0 aliphatic heterocycles. The van der Waals surface area contributed by atoms with Crippen LogP contribution in [0.15, 0.2) is 41.6 Å². The van der Waals surface area contributed by atoms with E-state index in [1.807, 2.05) is 0 Å². The van der Waals surface area contributed by atoms with Gasteiger partial charge in [0.15, 0.2) is 0 Å². The topological polar surface area (TPSA) is 74.8 Å². The lowest BCUT2D eigenvalue weighted by Crippen LogP contribution is -2.25. The fourth-order valence-electron chi connectivity index (χ4n) is 1.45. The van der Waals surface area contributed by atoms with Gasteiger partial charge in [-0.2, -0.15) is 5.10 Å². The zero-order valence-corrected chi connectivity index (χ0v) is 10.2. The molecule has 0 saturated heterocycles. The summed E-state index contributed by atoms with van der Waals surface area (Å²) in [5.41, 5.74) is 0.867. The van der Waals surface area contributed by atoms with E-state index in [1.165, 1.54) is 24.5 Å². The van der Waals surface area contributed by atoms with Crippen molar-refractivity contribution < 1.29 is 12.8 Å². The Morgan fingerprint density at radius 3 is 2.61 bits per heavy atom. The molecule has 0 unspecified atom stereocenters. The van der Waals surface area contributed by atoms with Crippen LogP contribution in [0, 0.1) is 5.82 Å². The second-order valence-corrected chi connectivity index (χ2v) is 5.48. The number of benzene rings is 1.